The maximum Gasteiger partial charge on any atom is 0.223 e. The van der Waals surface area contributed by atoms with Crippen molar-refractivity contribution in [2.75, 3.05) is 5.88 Å². The molecule has 0 aromatic carbocycles. The topological polar surface area (TPSA) is 29.1 Å². The molecule has 0 aromatic heterocycles. The highest BCUT2D eigenvalue weighted by molar-refractivity contribution is 6.17. The summed E-state index contributed by atoms with van der Waals surface area (Å²) >= 11 is 5.88. The summed E-state index contributed by atoms with van der Waals surface area (Å²) < 4.78 is 0. The zero-order valence-corrected chi connectivity index (χ0v) is 13.0. The van der Waals surface area contributed by atoms with E-state index in [2.05, 4.69) is 26.1 Å². The van der Waals surface area contributed by atoms with Crippen LogP contribution in [0.2, 0.25) is 0 Å². The lowest BCUT2D eigenvalue weighted by Crippen LogP contribution is -2.45. The van der Waals surface area contributed by atoms with Gasteiger partial charge < -0.3 is 5.32 Å². The van der Waals surface area contributed by atoms with Gasteiger partial charge in [-0.25, -0.2) is 0 Å². The first-order chi connectivity index (χ1) is 8.93. The van der Waals surface area contributed by atoms with E-state index in [4.69, 9.17) is 11.6 Å². The third-order valence-corrected chi connectivity index (χ3v) is 6.02. The highest BCUT2D eigenvalue weighted by atomic mass is 35.5. The molecule has 1 N–H and O–H groups in total. The molecule has 108 valence electrons. The highest BCUT2D eigenvalue weighted by Gasteiger charge is 2.67. The number of fused-ring (bicyclic) bond motifs is 5. The molecule has 3 aliphatic carbocycles. The fourth-order valence-corrected chi connectivity index (χ4v) is 4.99. The lowest BCUT2D eigenvalue weighted by Gasteiger charge is -2.31. The number of nitrogens with one attached hydrogen (secondary N) is 1. The van der Waals surface area contributed by atoms with Crippen LogP contribution in [0.5, 0.6) is 0 Å². The molecule has 0 spiro atoms. The van der Waals surface area contributed by atoms with E-state index >= 15 is 0 Å². The number of halogens is 1. The Morgan fingerprint density at radius 2 is 1.84 bits per heavy atom. The van der Waals surface area contributed by atoms with E-state index in [1.165, 1.54) is 19.3 Å². The van der Waals surface area contributed by atoms with E-state index < -0.39 is 0 Å². The van der Waals surface area contributed by atoms with Crippen LogP contribution in [0.4, 0.5) is 0 Å². The number of carbonyl (C=O) groups is 1. The minimum atomic E-state index is 0.0908. The lowest BCUT2D eigenvalue weighted by molar-refractivity contribution is -0.124. The number of hydrogen-bond donors (Lipinski definition) is 1. The van der Waals surface area contributed by atoms with Crippen LogP contribution in [0.25, 0.3) is 0 Å². The molecular formula is C16H26ClNO. The number of hydrogen-bond acceptors (Lipinski definition) is 1. The third-order valence-electron chi connectivity index (χ3n) is 5.80. The van der Waals surface area contributed by atoms with E-state index in [1.54, 1.807) is 0 Å². The Morgan fingerprint density at radius 3 is 2.32 bits per heavy atom. The van der Waals surface area contributed by atoms with Crippen molar-refractivity contribution >= 4 is 17.5 Å². The fourth-order valence-electron chi connectivity index (χ4n) is 4.77. The molecule has 0 aliphatic heterocycles. The Bertz CT molecular complexity index is 359. The van der Waals surface area contributed by atoms with Crippen molar-refractivity contribution in [2.24, 2.45) is 35.0 Å². The molecule has 0 aromatic rings. The molecule has 1 amide bonds. The number of alkyl halides is 1. The molecule has 3 heteroatoms. The Balaban J connectivity index is 1.60. The molecular weight excluding hydrogens is 258 g/mol. The second-order valence-electron chi connectivity index (χ2n) is 7.92. The monoisotopic (exact) mass is 283 g/mol. The number of rotatable bonds is 4. The van der Waals surface area contributed by atoms with Crippen molar-refractivity contribution in [1.29, 1.82) is 0 Å². The van der Waals surface area contributed by atoms with Gasteiger partial charge in [-0.1, -0.05) is 20.8 Å². The van der Waals surface area contributed by atoms with Crippen molar-refractivity contribution in [1.82, 2.24) is 5.32 Å². The molecule has 0 saturated heterocycles. The summed E-state index contributed by atoms with van der Waals surface area (Å²) in [7, 11) is 0. The predicted molar refractivity (Wildman–Crippen MR) is 78.0 cm³/mol. The lowest BCUT2D eigenvalue weighted by atomic mass is 9.85. The van der Waals surface area contributed by atoms with Gasteiger partial charge in [0, 0.05) is 17.8 Å². The van der Waals surface area contributed by atoms with Crippen molar-refractivity contribution in [2.45, 2.75) is 52.5 Å². The molecule has 3 rings (SSSR count). The third kappa shape index (κ3) is 2.30. The van der Waals surface area contributed by atoms with Crippen LogP contribution in [-0.4, -0.2) is 17.8 Å². The van der Waals surface area contributed by atoms with E-state index in [1.807, 2.05) is 0 Å². The van der Waals surface area contributed by atoms with Crippen LogP contribution >= 0.6 is 11.6 Å². The minimum absolute atomic E-state index is 0.0908. The second kappa shape index (κ2) is 4.65. The largest absolute Gasteiger partial charge is 0.353 e. The van der Waals surface area contributed by atoms with Gasteiger partial charge >= 0.3 is 0 Å². The Labute approximate surface area is 121 Å². The molecule has 2 bridgehead atoms. The summed E-state index contributed by atoms with van der Waals surface area (Å²) in [6, 6.07) is 0.205. The van der Waals surface area contributed by atoms with Gasteiger partial charge in [0.25, 0.3) is 0 Å². The van der Waals surface area contributed by atoms with Crippen LogP contribution in [0, 0.1) is 35.0 Å². The van der Waals surface area contributed by atoms with Crippen LogP contribution in [0.15, 0.2) is 0 Å². The first-order valence-corrected chi connectivity index (χ1v) is 8.33. The summed E-state index contributed by atoms with van der Waals surface area (Å²) in [5.41, 5.74) is 0.0908. The average Bonchev–Trinajstić information content (AvgIpc) is 2.77. The first kappa shape index (κ1) is 13.7. The van der Waals surface area contributed by atoms with Gasteiger partial charge in [-0.05, 0) is 54.8 Å². The van der Waals surface area contributed by atoms with E-state index in [0.717, 1.165) is 30.1 Å². The predicted octanol–water partition coefficient (Wildman–Crippen LogP) is 3.44. The summed E-state index contributed by atoms with van der Waals surface area (Å²) in [5.74, 6) is 4.47. The summed E-state index contributed by atoms with van der Waals surface area (Å²) in [4.78, 5) is 12.5. The standard InChI is InChI=1S/C16H26ClNO/c1-16(2,3)11(6-7-17)18-15(19)14-12-9-4-5-10(8-9)13(12)14/h9-14H,4-8H2,1-3H3,(H,18,19). The first-order valence-electron chi connectivity index (χ1n) is 7.80. The molecule has 0 radical (unpaired) electrons. The fraction of sp³-hybridized carbons (Fsp3) is 0.938. The van der Waals surface area contributed by atoms with Gasteiger partial charge in [0.1, 0.15) is 0 Å². The summed E-state index contributed by atoms with van der Waals surface area (Å²) in [6.45, 7) is 6.55. The van der Waals surface area contributed by atoms with E-state index in [0.29, 0.717) is 17.7 Å². The van der Waals surface area contributed by atoms with Gasteiger partial charge in [0.05, 0.1) is 0 Å². The number of amides is 1. The van der Waals surface area contributed by atoms with Gasteiger partial charge in [-0.15, -0.1) is 11.6 Å². The van der Waals surface area contributed by atoms with Gasteiger partial charge in [-0.3, -0.25) is 4.79 Å². The van der Waals surface area contributed by atoms with E-state index in [-0.39, 0.29) is 11.5 Å². The molecule has 5 unspecified atom stereocenters. The Kier molecular flexibility index (Phi) is 3.36. The van der Waals surface area contributed by atoms with Crippen molar-refractivity contribution in [3.05, 3.63) is 0 Å². The average molecular weight is 284 g/mol. The van der Waals surface area contributed by atoms with Crippen LogP contribution in [0.1, 0.15) is 46.5 Å². The zero-order chi connectivity index (χ0) is 13.8. The highest BCUT2D eigenvalue weighted by Crippen LogP contribution is 2.69. The zero-order valence-electron chi connectivity index (χ0n) is 12.3. The maximum absolute atomic E-state index is 12.5. The van der Waals surface area contributed by atoms with E-state index in [9.17, 15) is 4.79 Å². The second-order valence-corrected chi connectivity index (χ2v) is 8.30. The van der Waals surface area contributed by atoms with Crippen LogP contribution in [-0.2, 0) is 4.79 Å². The normalized spacial score (nSPS) is 40.9. The Morgan fingerprint density at radius 1 is 1.26 bits per heavy atom. The smallest absolute Gasteiger partial charge is 0.223 e. The molecule has 5 atom stereocenters. The van der Waals surface area contributed by atoms with Crippen molar-refractivity contribution < 1.29 is 4.79 Å². The quantitative estimate of drug-likeness (QED) is 0.787. The SMILES string of the molecule is CC(C)(C)C(CCCl)NC(=O)C1C2C3CCC(C3)C12. The van der Waals surface area contributed by atoms with Gasteiger partial charge in [0.15, 0.2) is 0 Å². The maximum atomic E-state index is 12.5. The molecule has 3 saturated carbocycles. The Hall–Kier alpha value is -0.240. The van der Waals surface area contributed by atoms with Crippen molar-refractivity contribution in [3.63, 3.8) is 0 Å². The summed E-state index contributed by atoms with van der Waals surface area (Å²) in [6.07, 6.45) is 5.02. The molecule has 2 nitrogen and oxygen atoms in total. The van der Waals surface area contributed by atoms with Gasteiger partial charge in [0.2, 0.25) is 5.91 Å². The van der Waals surface area contributed by atoms with Crippen LogP contribution in [0.3, 0.4) is 0 Å². The molecule has 0 heterocycles. The summed E-state index contributed by atoms with van der Waals surface area (Å²) in [5, 5.41) is 3.29. The number of carbonyl (C=O) groups excluding carboxylic acids is 1. The molecule has 3 aliphatic rings. The minimum Gasteiger partial charge on any atom is -0.353 e. The van der Waals surface area contributed by atoms with Gasteiger partial charge in [-0.2, -0.15) is 0 Å². The van der Waals surface area contributed by atoms with Crippen LogP contribution < -0.4 is 5.32 Å². The molecule has 19 heavy (non-hydrogen) atoms. The van der Waals surface area contributed by atoms with Crippen molar-refractivity contribution in [3.8, 4) is 0 Å². The molecule has 3 fully saturated rings.